The van der Waals surface area contributed by atoms with Gasteiger partial charge < -0.3 is 14.9 Å². The Balaban J connectivity index is 1.88. The van der Waals surface area contributed by atoms with Crippen LogP contribution >= 0.6 is 0 Å². The van der Waals surface area contributed by atoms with Crippen molar-refractivity contribution in [2.75, 3.05) is 0 Å². The zero-order valence-electron chi connectivity index (χ0n) is 20.7. The first-order chi connectivity index (χ1) is 14.5. The van der Waals surface area contributed by atoms with E-state index in [9.17, 15) is 10.2 Å². The van der Waals surface area contributed by atoms with Crippen molar-refractivity contribution in [2.24, 2.45) is 0 Å². The standard InChI is InChI=1S/C28H42O3/c1-19(2)11-8-12-20(3)13-9-14-21(4)15-10-17-28(7)18-16-24-22(5)23(6)25(29)26(30)27(24)31-28/h11,13,15,29-30H,8-10,12,14,16-18H2,1-7H3/b20-13+,21-15+. The van der Waals surface area contributed by atoms with Gasteiger partial charge >= 0.3 is 0 Å². The second-order valence-electron chi connectivity index (χ2n) is 9.81. The van der Waals surface area contributed by atoms with Crippen molar-refractivity contribution in [3.63, 3.8) is 0 Å². The number of hydrogen-bond acceptors (Lipinski definition) is 3. The highest BCUT2D eigenvalue weighted by atomic mass is 16.5. The van der Waals surface area contributed by atoms with E-state index < -0.39 is 0 Å². The molecule has 1 aromatic rings. The predicted molar refractivity (Wildman–Crippen MR) is 131 cm³/mol. The fourth-order valence-electron chi connectivity index (χ4n) is 4.24. The summed E-state index contributed by atoms with van der Waals surface area (Å²) >= 11 is 0. The molecule has 31 heavy (non-hydrogen) atoms. The second-order valence-corrected chi connectivity index (χ2v) is 9.81. The van der Waals surface area contributed by atoms with Crippen molar-refractivity contribution in [3.8, 4) is 17.2 Å². The Morgan fingerprint density at radius 2 is 1.45 bits per heavy atom. The zero-order chi connectivity index (χ0) is 23.2. The number of phenolic OH excluding ortho intramolecular Hbond substituents is 2. The first-order valence-electron chi connectivity index (χ1n) is 11.7. The van der Waals surface area contributed by atoms with Crippen LogP contribution in [0.5, 0.6) is 17.2 Å². The molecule has 0 aliphatic carbocycles. The molecule has 2 rings (SSSR count). The molecular weight excluding hydrogens is 384 g/mol. The Morgan fingerprint density at radius 1 is 0.871 bits per heavy atom. The summed E-state index contributed by atoms with van der Waals surface area (Å²) in [6.45, 7) is 14.7. The molecule has 0 saturated heterocycles. The summed E-state index contributed by atoms with van der Waals surface area (Å²) in [5, 5.41) is 20.6. The number of rotatable bonds is 9. The molecule has 0 bridgehead atoms. The first-order valence-corrected chi connectivity index (χ1v) is 11.7. The normalized spacial score (nSPS) is 19.1. The smallest absolute Gasteiger partial charge is 0.201 e. The summed E-state index contributed by atoms with van der Waals surface area (Å²) in [6.07, 6.45) is 15.1. The van der Waals surface area contributed by atoms with Crippen LogP contribution in [0.2, 0.25) is 0 Å². The van der Waals surface area contributed by atoms with Gasteiger partial charge in [-0.3, -0.25) is 0 Å². The fourth-order valence-corrected chi connectivity index (χ4v) is 4.24. The van der Waals surface area contributed by atoms with E-state index in [2.05, 4.69) is 52.8 Å². The molecular formula is C28H42O3. The molecule has 0 spiro atoms. The summed E-state index contributed by atoms with van der Waals surface area (Å²) in [6, 6.07) is 0. The number of ether oxygens (including phenoxy) is 1. The van der Waals surface area contributed by atoms with Crippen molar-refractivity contribution >= 4 is 0 Å². The molecule has 172 valence electrons. The van der Waals surface area contributed by atoms with E-state index in [0.29, 0.717) is 5.75 Å². The van der Waals surface area contributed by atoms with E-state index >= 15 is 0 Å². The molecule has 0 fully saturated rings. The van der Waals surface area contributed by atoms with Crippen LogP contribution in [0.25, 0.3) is 0 Å². The predicted octanol–water partition coefficient (Wildman–Crippen LogP) is 8.00. The molecule has 1 unspecified atom stereocenters. The maximum atomic E-state index is 10.4. The van der Waals surface area contributed by atoms with Crippen molar-refractivity contribution < 1.29 is 14.9 Å². The maximum Gasteiger partial charge on any atom is 0.201 e. The molecule has 0 saturated carbocycles. The summed E-state index contributed by atoms with van der Waals surface area (Å²) in [5.41, 5.74) is 6.75. The minimum atomic E-state index is -0.323. The molecule has 0 amide bonds. The molecule has 1 atom stereocenters. The lowest BCUT2D eigenvalue weighted by molar-refractivity contribution is 0.0530. The van der Waals surface area contributed by atoms with Crippen molar-refractivity contribution in [3.05, 3.63) is 51.6 Å². The van der Waals surface area contributed by atoms with Crippen molar-refractivity contribution in [1.29, 1.82) is 0 Å². The Morgan fingerprint density at radius 3 is 2.06 bits per heavy atom. The largest absolute Gasteiger partial charge is 0.504 e. The number of allylic oxidation sites excluding steroid dienone is 6. The third-order valence-corrected chi connectivity index (χ3v) is 6.62. The van der Waals surface area contributed by atoms with E-state index in [-0.39, 0.29) is 17.1 Å². The van der Waals surface area contributed by atoms with Crippen LogP contribution in [-0.4, -0.2) is 15.8 Å². The number of fused-ring (bicyclic) bond motifs is 1. The molecule has 1 heterocycles. The molecule has 1 aliphatic rings. The Labute approximate surface area is 189 Å². The van der Waals surface area contributed by atoms with Crippen LogP contribution < -0.4 is 4.74 Å². The fraction of sp³-hybridized carbons (Fsp3) is 0.571. The van der Waals surface area contributed by atoms with E-state index in [4.69, 9.17) is 4.74 Å². The average molecular weight is 427 g/mol. The van der Waals surface area contributed by atoms with Crippen LogP contribution in [0.3, 0.4) is 0 Å². The van der Waals surface area contributed by atoms with Gasteiger partial charge in [0, 0.05) is 5.56 Å². The lowest BCUT2D eigenvalue weighted by Crippen LogP contribution is -2.36. The van der Waals surface area contributed by atoms with Crippen molar-refractivity contribution in [2.45, 2.75) is 105 Å². The monoisotopic (exact) mass is 426 g/mol. The van der Waals surface area contributed by atoms with Gasteiger partial charge in [-0.1, -0.05) is 34.9 Å². The van der Waals surface area contributed by atoms with Gasteiger partial charge in [0.2, 0.25) is 5.75 Å². The number of aromatic hydroxyl groups is 2. The minimum absolute atomic E-state index is 0.0551. The molecule has 1 aromatic carbocycles. The van der Waals surface area contributed by atoms with Crippen molar-refractivity contribution in [1.82, 2.24) is 0 Å². The number of phenols is 2. The number of hydrogen-bond donors (Lipinski definition) is 2. The minimum Gasteiger partial charge on any atom is -0.504 e. The van der Waals surface area contributed by atoms with Gasteiger partial charge in [0.05, 0.1) is 0 Å². The van der Waals surface area contributed by atoms with E-state index in [1.54, 1.807) is 0 Å². The molecule has 0 aromatic heterocycles. The van der Waals surface area contributed by atoms with Crippen LogP contribution in [-0.2, 0) is 6.42 Å². The Bertz CT molecular complexity index is 869. The van der Waals surface area contributed by atoms with Gasteiger partial charge in [-0.2, -0.15) is 0 Å². The summed E-state index contributed by atoms with van der Waals surface area (Å²) in [5.74, 6) is 0.312. The summed E-state index contributed by atoms with van der Waals surface area (Å²) in [7, 11) is 0. The molecule has 3 nitrogen and oxygen atoms in total. The lowest BCUT2D eigenvalue weighted by Gasteiger charge is -2.37. The van der Waals surface area contributed by atoms with Crippen LogP contribution in [0, 0.1) is 13.8 Å². The SMILES string of the molecule is CC(C)=CCC/C(C)=C/CC/C(C)=C/CCC1(C)CCc2c(C)c(C)c(O)c(O)c2O1. The quantitative estimate of drug-likeness (QED) is 0.311. The van der Waals surface area contributed by atoms with Gasteiger partial charge in [-0.05, 0) is 111 Å². The second kappa shape index (κ2) is 10.9. The lowest BCUT2D eigenvalue weighted by atomic mass is 9.85. The summed E-state index contributed by atoms with van der Waals surface area (Å²) in [4.78, 5) is 0. The molecule has 3 heteroatoms. The van der Waals surface area contributed by atoms with Crippen LogP contribution in [0.4, 0.5) is 0 Å². The van der Waals surface area contributed by atoms with Gasteiger partial charge in [0.1, 0.15) is 5.60 Å². The van der Waals surface area contributed by atoms with Gasteiger partial charge in [-0.25, -0.2) is 0 Å². The van der Waals surface area contributed by atoms with E-state index in [1.165, 1.54) is 16.7 Å². The van der Waals surface area contributed by atoms with Gasteiger partial charge in [0.15, 0.2) is 11.5 Å². The van der Waals surface area contributed by atoms with Gasteiger partial charge in [0.25, 0.3) is 0 Å². The van der Waals surface area contributed by atoms with E-state index in [0.717, 1.165) is 68.1 Å². The van der Waals surface area contributed by atoms with Gasteiger partial charge in [-0.15, -0.1) is 0 Å². The molecule has 2 N–H and O–H groups in total. The zero-order valence-corrected chi connectivity index (χ0v) is 20.7. The molecule has 1 aliphatic heterocycles. The van der Waals surface area contributed by atoms with Crippen LogP contribution in [0.1, 0.15) is 96.3 Å². The van der Waals surface area contributed by atoms with E-state index in [1.807, 2.05) is 13.8 Å². The highest BCUT2D eigenvalue weighted by Gasteiger charge is 2.35. The summed E-state index contributed by atoms with van der Waals surface area (Å²) < 4.78 is 6.26. The Hall–Kier alpha value is -2.16. The Kier molecular flexibility index (Phi) is 8.85. The maximum absolute atomic E-state index is 10.4. The number of benzene rings is 1. The highest BCUT2D eigenvalue weighted by molar-refractivity contribution is 5.62. The topological polar surface area (TPSA) is 49.7 Å². The third-order valence-electron chi connectivity index (χ3n) is 6.62. The highest BCUT2D eigenvalue weighted by Crippen LogP contribution is 2.48. The van der Waals surface area contributed by atoms with Crippen LogP contribution in [0.15, 0.2) is 34.9 Å². The molecule has 0 radical (unpaired) electrons. The average Bonchev–Trinajstić information content (AvgIpc) is 2.70. The third kappa shape index (κ3) is 6.92. The first kappa shape index (κ1) is 25.1.